The van der Waals surface area contributed by atoms with Crippen molar-refractivity contribution in [1.82, 2.24) is 30.0 Å². The van der Waals surface area contributed by atoms with Crippen LogP contribution in [0.25, 0.3) is 5.82 Å². The number of pyridine rings is 1. The molecular formula is C17H17ClN6O. The second kappa shape index (κ2) is 7.76. The highest BCUT2D eigenvalue weighted by Crippen LogP contribution is 2.13. The predicted octanol–water partition coefficient (Wildman–Crippen LogP) is 2.66. The van der Waals surface area contributed by atoms with Crippen molar-refractivity contribution >= 4 is 17.6 Å². The number of benzene rings is 1. The van der Waals surface area contributed by atoms with Gasteiger partial charge in [-0.25, -0.2) is 19.4 Å². The minimum Gasteiger partial charge on any atom is -0.334 e. The van der Waals surface area contributed by atoms with Gasteiger partial charge >= 0.3 is 6.03 Å². The van der Waals surface area contributed by atoms with Gasteiger partial charge in [0.15, 0.2) is 5.82 Å². The van der Waals surface area contributed by atoms with Crippen LogP contribution in [0.15, 0.2) is 55.2 Å². The van der Waals surface area contributed by atoms with Crippen molar-refractivity contribution < 1.29 is 4.79 Å². The maximum absolute atomic E-state index is 12.3. The van der Waals surface area contributed by atoms with Gasteiger partial charge in [0.25, 0.3) is 0 Å². The lowest BCUT2D eigenvalue weighted by Crippen LogP contribution is -2.36. The number of nitrogens with one attached hydrogen (secondary N) is 1. The fourth-order valence-corrected chi connectivity index (χ4v) is 2.59. The molecule has 0 atom stereocenters. The van der Waals surface area contributed by atoms with E-state index in [0.717, 1.165) is 11.1 Å². The van der Waals surface area contributed by atoms with E-state index in [-0.39, 0.29) is 6.03 Å². The topological polar surface area (TPSA) is 75.9 Å². The molecule has 25 heavy (non-hydrogen) atoms. The standard InChI is InChI=1S/C17H17ClN6O/c1-23(10-13-4-2-6-15(18)8-13)17(25)21-9-14-5-3-7-20-16(14)24-12-19-11-22-24/h2-8,11-12H,9-10H2,1H3,(H,21,25). The number of hydrogen-bond acceptors (Lipinski definition) is 4. The van der Waals surface area contributed by atoms with Crippen LogP contribution in [0.5, 0.6) is 0 Å². The Morgan fingerprint density at radius 1 is 1.32 bits per heavy atom. The lowest BCUT2D eigenvalue weighted by atomic mass is 10.2. The molecule has 0 saturated heterocycles. The van der Waals surface area contributed by atoms with Crippen molar-refractivity contribution in [3.63, 3.8) is 0 Å². The van der Waals surface area contributed by atoms with Crippen LogP contribution in [0.2, 0.25) is 5.02 Å². The predicted molar refractivity (Wildman–Crippen MR) is 94.3 cm³/mol. The molecule has 0 bridgehead atoms. The van der Waals surface area contributed by atoms with Gasteiger partial charge in [-0.15, -0.1) is 0 Å². The first-order valence-electron chi connectivity index (χ1n) is 7.66. The zero-order valence-electron chi connectivity index (χ0n) is 13.6. The number of carbonyl (C=O) groups excluding carboxylic acids is 1. The first-order chi connectivity index (χ1) is 12.1. The normalized spacial score (nSPS) is 10.5. The molecule has 0 radical (unpaired) electrons. The van der Waals surface area contributed by atoms with Crippen molar-refractivity contribution in [1.29, 1.82) is 0 Å². The highest BCUT2D eigenvalue weighted by Gasteiger charge is 2.11. The van der Waals surface area contributed by atoms with Gasteiger partial charge in [-0.05, 0) is 23.8 Å². The average molecular weight is 357 g/mol. The summed E-state index contributed by atoms with van der Waals surface area (Å²) >= 11 is 5.98. The summed E-state index contributed by atoms with van der Waals surface area (Å²) in [5.41, 5.74) is 1.81. The molecule has 2 heterocycles. The molecule has 2 amide bonds. The molecule has 8 heteroatoms. The van der Waals surface area contributed by atoms with Gasteiger partial charge in [0, 0.05) is 36.9 Å². The summed E-state index contributed by atoms with van der Waals surface area (Å²) in [6.07, 6.45) is 4.68. The molecule has 3 rings (SSSR count). The van der Waals surface area contributed by atoms with E-state index in [4.69, 9.17) is 11.6 Å². The number of rotatable bonds is 5. The molecule has 128 valence electrons. The second-order valence-corrected chi connectivity index (χ2v) is 5.91. The van der Waals surface area contributed by atoms with Crippen LogP contribution >= 0.6 is 11.6 Å². The van der Waals surface area contributed by atoms with Gasteiger partial charge < -0.3 is 10.2 Å². The Hall–Kier alpha value is -2.93. The molecule has 0 aliphatic carbocycles. The monoisotopic (exact) mass is 356 g/mol. The second-order valence-electron chi connectivity index (χ2n) is 5.47. The van der Waals surface area contributed by atoms with Crippen LogP contribution in [-0.4, -0.2) is 37.7 Å². The van der Waals surface area contributed by atoms with Crippen LogP contribution in [0.1, 0.15) is 11.1 Å². The summed E-state index contributed by atoms with van der Waals surface area (Å²) in [6.45, 7) is 0.803. The van der Waals surface area contributed by atoms with E-state index in [1.165, 1.54) is 6.33 Å². The molecule has 3 aromatic rings. The lowest BCUT2D eigenvalue weighted by Gasteiger charge is -2.18. The van der Waals surface area contributed by atoms with Gasteiger partial charge in [-0.2, -0.15) is 5.10 Å². The summed E-state index contributed by atoms with van der Waals surface area (Å²) in [6, 6.07) is 11.0. The summed E-state index contributed by atoms with van der Waals surface area (Å²) < 4.78 is 1.57. The minimum absolute atomic E-state index is 0.187. The number of hydrogen-bond donors (Lipinski definition) is 1. The maximum atomic E-state index is 12.3. The maximum Gasteiger partial charge on any atom is 0.317 e. The van der Waals surface area contributed by atoms with Crippen LogP contribution < -0.4 is 5.32 Å². The highest BCUT2D eigenvalue weighted by atomic mass is 35.5. The lowest BCUT2D eigenvalue weighted by molar-refractivity contribution is 0.206. The molecule has 0 spiro atoms. The largest absolute Gasteiger partial charge is 0.334 e. The summed E-state index contributed by atoms with van der Waals surface area (Å²) in [5.74, 6) is 0.637. The molecule has 0 aliphatic rings. The first-order valence-corrected chi connectivity index (χ1v) is 8.03. The summed E-state index contributed by atoms with van der Waals surface area (Å²) in [5, 5.41) is 7.62. The van der Waals surface area contributed by atoms with Crippen LogP contribution in [0.4, 0.5) is 4.79 Å². The first kappa shape index (κ1) is 16.9. The fraction of sp³-hybridized carbons (Fsp3) is 0.176. The number of amides is 2. The molecule has 1 aromatic carbocycles. The fourth-order valence-electron chi connectivity index (χ4n) is 2.38. The SMILES string of the molecule is CN(Cc1cccc(Cl)c1)C(=O)NCc1cccnc1-n1cncn1. The van der Waals surface area contributed by atoms with Gasteiger partial charge in [0.2, 0.25) is 0 Å². The van der Waals surface area contributed by atoms with Crippen molar-refractivity contribution in [3.8, 4) is 5.82 Å². The van der Waals surface area contributed by atoms with E-state index in [2.05, 4.69) is 20.4 Å². The third-order valence-electron chi connectivity index (χ3n) is 3.59. The van der Waals surface area contributed by atoms with Crippen molar-refractivity contribution in [3.05, 3.63) is 71.4 Å². The number of carbonyl (C=O) groups is 1. The molecule has 0 aliphatic heterocycles. The van der Waals surface area contributed by atoms with Crippen LogP contribution in [0, 0.1) is 0 Å². The Kier molecular flexibility index (Phi) is 5.25. The van der Waals surface area contributed by atoms with Crippen molar-refractivity contribution in [2.75, 3.05) is 7.05 Å². The quantitative estimate of drug-likeness (QED) is 0.762. The number of halogens is 1. The Morgan fingerprint density at radius 3 is 2.96 bits per heavy atom. The van der Waals surface area contributed by atoms with Crippen LogP contribution in [0.3, 0.4) is 0 Å². The van der Waals surface area contributed by atoms with E-state index >= 15 is 0 Å². The van der Waals surface area contributed by atoms with E-state index in [0.29, 0.717) is 23.9 Å². The number of nitrogens with zero attached hydrogens (tertiary/aromatic N) is 5. The van der Waals surface area contributed by atoms with Crippen molar-refractivity contribution in [2.24, 2.45) is 0 Å². The molecule has 0 fully saturated rings. The number of aromatic nitrogens is 4. The molecule has 2 aromatic heterocycles. The molecule has 7 nitrogen and oxygen atoms in total. The van der Waals surface area contributed by atoms with Gasteiger partial charge in [-0.1, -0.05) is 29.8 Å². The molecule has 1 N–H and O–H groups in total. The zero-order chi connectivity index (χ0) is 17.6. The average Bonchev–Trinajstić information content (AvgIpc) is 3.14. The van der Waals surface area contributed by atoms with Gasteiger partial charge in [0.05, 0.1) is 0 Å². The Morgan fingerprint density at radius 2 is 2.20 bits per heavy atom. The smallest absolute Gasteiger partial charge is 0.317 e. The Labute approximate surface area is 150 Å². The molecule has 0 saturated carbocycles. The van der Waals surface area contributed by atoms with E-state index in [1.807, 2.05) is 30.3 Å². The van der Waals surface area contributed by atoms with E-state index in [9.17, 15) is 4.79 Å². The summed E-state index contributed by atoms with van der Waals surface area (Å²) in [4.78, 5) is 22.1. The number of urea groups is 1. The summed E-state index contributed by atoms with van der Waals surface area (Å²) in [7, 11) is 1.73. The minimum atomic E-state index is -0.187. The zero-order valence-corrected chi connectivity index (χ0v) is 14.4. The highest BCUT2D eigenvalue weighted by molar-refractivity contribution is 6.30. The van der Waals surface area contributed by atoms with Gasteiger partial charge in [-0.3, -0.25) is 0 Å². The third-order valence-corrected chi connectivity index (χ3v) is 3.82. The van der Waals surface area contributed by atoms with E-state index < -0.39 is 0 Å². The third kappa shape index (κ3) is 4.33. The molecule has 0 unspecified atom stereocenters. The Bertz CT molecular complexity index is 852. The van der Waals surface area contributed by atoms with Crippen molar-refractivity contribution in [2.45, 2.75) is 13.1 Å². The van der Waals surface area contributed by atoms with Crippen LogP contribution in [-0.2, 0) is 13.1 Å². The van der Waals surface area contributed by atoms with E-state index in [1.54, 1.807) is 35.2 Å². The Balaban J connectivity index is 1.63. The van der Waals surface area contributed by atoms with Gasteiger partial charge in [0.1, 0.15) is 12.7 Å². The molecular weight excluding hydrogens is 340 g/mol.